The minimum absolute atomic E-state index is 0.959. The highest BCUT2D eigenvalue weighted by Gasteiger charge is 2.24. The summed E-state index contributed by atoms with van der Waals surface area (Å²) in [5, 5.41) is 0. The van der Waals surface area contributed by atoms with Crippen molar-refractivity contribution in [3.05, 3.63) is 0 Å². The van der Waals surface area contributed by atoms with Gasteiger partial charge in [-0.05, 0) is 0 Å². The lowest BCUT2D eigenvalue weighted by Crippen LogP contribution is -2.29. The van der Waals surface area contributed by atoms with Crippen molar-refractivity contribution in [3.8, 4) is 0 Å². The third-order valence-corrected chi connectivity index (χ3v) is 12.6. The number of unbranched alkanes of at least 4 members (excludes halogenated alkanes) is 21. The summed E-state index contributed by atoms with van der Waals surface area (Å²) < 4.78 is 0. The molecule has 0 nitrogen and oxygen atoms in total. The molecule has 0 saturated carbocycles. The van der Waals surface area contributed by atoms with E-state index >= 15 is 0 Å². The Bertz CT molecular complexity index is 311. The number of hydrogen-bond acceptors (Lipinski definition) is 0. The van der Waals surface area contributed by atoms with Crippen LogP contribution in [0.2, 0.25) is 24.7 Å². The summed E-state index contributed by atoms with van der Waals surface area (Å²) in [5.41, 5.74) is 0. The average Bonchev–Trinajstić information content (AvgIpc) is 2.80. The van der Waals surface area contributed by atoms with Gasteiger partial charge in [-0.15, -0.1) is 0 Å². The maximum Gasteiger partial charge on any atom is 0.0504 e. The molecule has 0 fully saturated rings. The van der Waals surface area contributed by atoms with Gasteiger partial charge in [0.1, 0.15) is 0 Å². The van der Waals surface area contributed by atoms with Crippen LogP contribution >= 0.6 is 0 Å². The molecule has 0 bridgehead atoms. The summed E-state index contributed by atoms with van der Waals surface area (Å²) in [6.07, 6.45) is 35.5. The molecule has 1 heteroatoms. The Balaban J connectivity index is 3.69. The molecule has 0 aromatic carbocycles. The molecule has 0 heterocycles. The van der Waals surface area contributed by atoms with Crippen molar-refractivity contribution in [2.24, 2.45) is 0 Å². The van der Waals surface area contributed by atoms with Crippen molar-refractivity contribution in [1.29, 1.82) is 0 Å². The fraction of sp³-hybridized carbons (Fsp3) is 1.00. The van der Waals surface area contributed by atoms with E-state index in [1.807, 2.05) is 0 Å². The van der Waals surface area contributed by atoms with Crippen molar-refractivity contribution in [3.63, 3.8) is 0 Å². The molecule has 0 aliphatic rings. The van der Waals surface area contributed by atoms with Crippen LogP contribution in [0.15, 0.2) is 0 Å². The molecule has 0 aromatic rings. The predicted octanol–water partition coefficient (Wildman–Crippen LogP) is 12.5. The van der Waals surface area contributed by atoms with Gasteiger partial charge in [0.15, 0.2) is 0 Å². The lowest BCUT2D eigenvalue weighted by Gasteiger charge is -2.28. The molecule has 0 N–H and O–H groups in total. The Morgan fingerprint density at radius 1 is 0.281 bits per heavy atom. The van der Waals surface area contributed by atoms with E-state index in [0.717, 1.165) is 0 Å². The van der Waals surface area contributed by atoms with Gasteiger partial charge in [0.2, 0.25) is 0 Å². The van der Waals surface area contributed by atoms with Crippen LogP contribution in [0.3, 0.4) is 0 Å². The van der Waals surface area contributed by atoms with E-state index in [1.165, 1.54) is 141 Å². The SMILES string of the molecule is CCCCCCCCCCCCC[Si](C)(CCCC)CCCCCCCCCCCCC. The lowest BCUT2D eigenvalue weighted by molar-refractivity contribution is 0.551. The minimum atomic E-state index is -0.959. The molecule has 0 aromatic heterocycles. The van der Waals surface area contributed by atoms with Crippen LogP contribution in [0.25, 0.3) is 0 Å². The van der Waals surface area contributed by atoms with Gasteiger partial charge in [0.05, 0.1) is 8.07 Å². The summed E-state index contributed by atoms with van der Waals surface area (Å²) in [7, 11) is -0.959. The average molecular weight is 467 g/mol. The second-order valence-electron chi connectivity index (χ2n) is 11.5. The van der Waals surface area contributed by atoms with Gasteiger partial charge in [-0.2, -0.15) is 0 Å². The van der Waals surface area contributed by atoms with Crippen LogP contribution in [0, 0.1) is 0 Å². The molecule has 0 aliphatic carbocycles. The van der Waals surface area contributed by atoms with Crippen LogP contribution in [0.4, 0.5) is 0 Å². The van der Waals surface area contributed by atoms with Crippen LogP contribution in [0.1, 0.15) is 175 Å². The molecule has 0 atom stereocenters. The topological polar surface area (TPSA) is 0 Å². The molecule has 0 spiro atoms. The van der Waals surface area contributed by atoms with Crippen LogP contribution < -0.4 is 0 Å². The van der Waals surface area contributed by atoms with Crippen molar-refractivity contribution >= 4 is 8.07 Å². The molecule has 0 saturated heterocycles. The first-order valence-corrected chi connectivity index (χ1v) is 18.8. The number of rotatable bonds is 27. The standard InChI is InChI=1S/C31H66Si/c1-5-8-11-13-15-17-19-21-23-25-27-30-32(4,29-10-7-3)31-28-26-24-22-20-18-16-14-12-9-6-2/h5-31H2,1-4H3. The van der Waals surface area contributed by atoms with Gasteiger partial charge < -0.3 is 0 Å². The molecule has 0 radical (unpaired) electrons. The maximum absolute atomic E-state index is 2.76. The summed E-state index contributed by atoms with van der Waals surface area (Å²) in [5.74, 6) is 0. The van der Waals surface area contributed by atoms with E-state index in [9.17, 15) is 0 Å². The highest BCUT2D eigenvalue weighted by atomic mass is 28.3. The fourth-order valence-electron chi connectivity index (χ4n) is 5.41. The molecule has 32 heavy (non-hydrogen) atoms. The molecular weight excluding hydrogens is 400 g/mol. The van der Waals surface area contributed by atoms with Crippen LogP contribution in [-0.4, -0.2) is 8.07 Å². The smallest absolute Gasteiger partial charge is 0.0504 e. The van der Waals surface area contributed by atoms with E-state index in [0.29, 0.717) is 0 Å². The van der Waals surface area contributed by atoms with E-state index < -0.39 is 8.07 Å². The molecule has 0 unspecified atom stereocenters. The van der Waals surface area contributed by atoms with Crippen molar-refractivity contribution in [2.75, 3.05) is 0 Å². The van der Waals surface area contributed by atoms with E-state index in [4.69, 9.17) is 0 Å². The third kappa shape index (κ3) is 23.4. The van der Waals surface area contributed by atoms with Gasteiger partial charge in [-0.25, -0.2) is 0 Å². The Morgan fingerprint density at radius 2 is 0.500 bits per heavy atom. The van der Waals surface area contributed by atoms with Crippen molar-refractivity contribution < 1.29 is 0 Å². The van der Waals surface area contributed by atoms with Crippen molar-refractivity contribution in [2.45, 2.75) is 200 Å². The Kier molecular flexibility index (Phi) is 26.0. The summed E-state index contributed by atoms with van der Waals surface area (Å²) in [6, 6.07) is 4.86. The Hall–Kier alpha value is 0.217. The summed E-state index contributed by atoms with van der Waals surface area (Å²) in [4.78, 5) is 0. The third-order valence-electron chi connectivity index (χ3n) is 7.90. The molecule has 0 rings (SSSR count). The number of hydrogen-bond donors (Lipinski definition) is 0. The van der Waals surface area contributed by atoms with Gasteiger partial charge in [0.25, 0.3) is 0 Å². The minimum Gasteiger partial charge on any atom is -0.0691 e. The van der Waals surface area contributed by atoms with E-state index in [2.05, 4.69) is 27.3 Å². The largest absolute Gasteiger partial charge is 0.0691 e. The van der Waals surface area contributed by atoms with Crippen molar-refractivity contribution in [1.82, 2.24) is 0 Å². The second-order valence-corrected chi connectivity index (χ2v) is 16.6. The van der Waals surface area contributed by atoms with E-state index in [1.54, 1.807) is 31.0 Å². The van der Waals surface area contributed by atoms with Gasteiger partial charge >= 0.3 is 0 Å². The zero-order valence-corrected chi connectivity index (χ0v) is 24.6. The zero-order chi connectivity index (χ0) is 23.6. The van der Waals surface area contributed by atoms with Crippen LogP contribution in [-0.2, 0) is 0 Å². The molecular formula is C31H66Si. The molecule has 0 aliphatic heterocycles. The highest BCUT2D eigenvalue weighted by Crippen LogP contribution is 2.29. The quantitative estimate of drug-likeness (QED) is 0.0833. The van der Waals surface area contributed by atoms with Gasteiger partial charge in [0, 0.05) is 0 Å². The van der Waals surface area contributed by atoms with Gasteiger partial charge in [-0.1, -0.05) is 200 Å². The first-order valence-electron chi connectivity index (χ1n) is 15.7. The maximum atomic E-state index is 2.76. The van der Waals surface area contributed by atoms with Crippen LogP contribution in [0.5, 0.6) is 0 Å². The summed E-state index contributed by atoms with van der Waals surface area (Å²) >= 11 is 0. The molecule has 194 valence electrons. The fourth-order valence-corrected chi connectivity index (χ4v) is 9.57. The highest BCUT2D eigenvalue weighted by molar-refractivity contribution is 6.78. The second kappa shape index (κ2) is 25.8. The monoisotopic (exact) mass is 466 g/mol. The molecule has 0 amide bonds. The Morgan fingerprint density at radius 3 is 0.781 bits per heavy atom. The zero-order valence-electron chi connectivity index (χ0n) is 23.6. The first-order chi connectivity index (χ1) is 15.7. The summed E-state index contributed by atoms with van der Waals surface area (Å²) in [6.45, 7) is 9.77. The predicted molar refractivity (Wildman–Crippen MR) is 154 cm³/mol. The normalized spacial score (nSPS) is 12.0. The first kappa shape index (κ1) is 32.2. The lowest BCUT2D eigenvalue weighted by atomic mass is 10.1. The van der Waals surface area contributed by atoms with Gasteiger partial charge in [-0.3, -0.25) is 0 Å². The Labute approximate surface area is 207 Å². The van der Waals surface area contributed by atoms with E-state index in [-0.39, 0.29) is 0 Å².